The largest absolute Gasteiger partial charge is 0.238 e. The SMILES string of the molecule is CC.CCC(C)C.CCC(F)F. The Balaban J connectivity index is -0.000000112. The quantitative estimate of drug-likeness (QED) is 0.578. The fourth-order valence-corrected chi connectivity index (χ4v) is 0. The topological polar surface area (TPSA) is 0 Å². The molecule has 0 aromatic heterocycles. The molecule has 0 heterocycles. The van der Waals surface area contributed by atoms with Crippen molar-refractivity contribution in [1.29, 1.82) is 0 Å². The molecule has 0 aliphatic carbocycles. The maximum Gasteiger partial charge on any atom is 0.238 e. The van der Waals surface area contributed by atoms with E-state index < -0.39 is 6.43 Å². The van der Waals surface area contributed by atoms with Crippen LogP contribution in [0.15, 0.2) is 0 Å². The van der Waals surface area contributed by atoms with Gasteiger partial charge in [0.2, 0.25) is 6.43 Å². The van der Waals surface area contributed by atoms with E-state index in [-0.39, 0.29) is 6.42 Å². The van der Waals surface area contributed by atoms with Crippen LogP contribution >= 0.6 is 0 Å². The van der Waals surface area contributed by atoms with Gasteiger partial charge >= 0.3 is 0 Å². The first kappa shape index (κ1) is 17.8. The molecule has 0 bridgehead atoms. The predicted molar refractivity (Wildman–Crippen MR) is 52.8 cm³/mol. The number of rotatable bonds is 2. The predicted octanol–water partition coefficient (Wildman–Crippen LogP) is 4.74. The molecule has 0 aliphatic rings. The molecule has 0 aromatic rings. The summed E-state index contributed by atoms with van der Waals surface area (Å²) in [6.45, 7) is 12.1. The van der Waals surface area contributed by atoms with Gasteiger partial charge in [-0.3, -0.25) is 0 Å². The number of hydrogen-bond donors (Lipinski definition) is 0. The lowest BCUT2D eigenvalue weighted by Gasteiger charge is -1.90. The fourth-order valence-electron chi connectivity index (χ4n) is 0. The molecular formula is C10H24F2. The van der Waals surface area contributed by atoms with Gasteiger partial charge in [0.25, 0.3) is 0 Å². The Bertz CT molecular complexity index is 43.8. The van der Waals surface area contributed by atoms with E-state index in [9.17, 15) is 8.78 Å². The summed E-state index contributed by atoms with van der Waals surface area (Å²) in [5, 5.41) is 0. The number of hydrogen-bond acceptors (Lipinski definition) is 0. The summed E-state index contributed by atoms with van der Waals surface area (Å²) in [7, 11) is 0. The zero-order valence-corrected chi connectivity index (χ0v) is 9.32. The normalized spacial score (nSPS) is 8.50. The molecule has 2 heteroatoms. The molecule has 0 atom stereocenters. The summed E-state index contributed by atoms with van der Waals surface area (Å²) in [5.41, 5.74) is 0. The molecule has 0 saturated carbocycles. The van der Waals surface area contributed by atoms with E-state index in [1.807, 2.05) is 13.8 Å². The van der Waals surface area contributed by atoms with Gasteiger partial charge in [-0.05, 0) is 5.92 Å². The van der Waals surface area contributed by atoms with Crippen LogP contribution in [0.4, 0.5) is 8.78 Å². The molecule has 0 amide bonds. The van der Waals surface area contributed by atoms with Crippen LogP contribution in [-0.2, 0) is 0 Å². The zero-order chi connectivity index (χ0) is 10.6. The van der Waals surface area contributed by atoms with E-state index in [0.29, 0.717) is 0 Å². The van der Waals surface area contributed by atoms with Crippen LogP contribution in [0.3, 0.4) is 0 Å². The van der Waals surface area contributed by atoms with Crippen molar-refractivity contribution in [2.24, 2.45) is 5.92 Å². The molecule has 78 valence electrons. The highest BCUT2D eigenvalue weighted by Crippen LogP contribution is 1.94. The summed E-state index contributed by atoms with van der Waals surface area (Å²) >= 11 is 0. The Labute approximate surface area is 76.4 Å². The minimum atomic E-state index is -2.12. The van der Waals surface area contributed by atoms with Crippen molar-refractivity contribution >= 4 is 0 Å². The maximum atomic E-state index is 10.8. The molecule has 0 N–H and O–H groups in total. The second-order valence-corrected chi connectivity index (χ2v) is 2.60. The minimum Gasteiger partial charge on any atom is -0.211 e. The van der Waals surface area contributed by atoms with Crippen molar-refractivity contribution in [2.45, 2.75) is 60.8 Å². The summed E-state index contributed by atoms with van der Waals surface area (Å²) < 4.78 is 21.5. The minimum absolute atomic E-state index is 0.0278. The molecule has 0 fully saturated rings. The highest BCUT2D eigenvalue weighted by atomic mass is 19.3. The first-order valence-electron chi connectivity index (χ1n) is 4.82. The van der Waals surface area contributed by atoms with Crippen LogP contribution in [0.2, 0.25) is 0 Å². The third-order valence-electron chi connectivity index (χ3n) is 1.13. The van der Waals surface area contributed by atoms with Gasteiger partial charge in [-0.2, -0.15) is 0 Å². The summed E-state index contributed by atoms with van der Waals surface area (Å²) in [5.74, 6) is 0.884. The second-order valence-electron chi connectivity index (χ2n) is 2.60. The van der Waals surface area contributed by atoms with Crippen LogP contribution in [0.25, 0.3) is 0 Å². The van der Waals surface area contributed by atoms with Crippen molar-refractivity contribution in [3.8, 4) is 0 Å². The van der Waals surface area contributed by atoms with Crippen molar-refractivity contribution in [3.05, 3.63) is 0 Å². The van der Waals surface area contributed by atoms with E-state index in [4.69, 9.17) is 0 Å². The standard InChI is InChI=1S/C5H12.C3H6F2.C2H6/c1-4-5(2)3;1-2-3(4)5;1-2/h5H,4H2,1-3H3;3H,2H2,1H3;1-2H3. The van der Waals surface area contributed by atoms with Crippen LogP contribution in [-0.4, -0.2) is 6.43 Å². The molecule has 0 rings (SSSR count). The highest BCUT2D eigenvalue weighted by Gasteiger charge is 1.91. The van der Waals surface area contributed by atoms with Gasteiger partial charge < -0.3 is 0 Å². The van der Waals surface area contributed by atoms with Crippen molar-refractivity contribution in [2.75, 3.05) is 0 Å². The van der Waals surface area contributed by atoms with Gasteiger partial charge in [0.05, 0.1) is 0 Å². The van der Waals surface area contributed by atoms with Crippen LogP contribution in [0, 0.1) is 5.92 Å². The average Bonchev–Trinajstić information content (AvgIpc) is 2.09. The van der Waals surface area contributed by atoms with Gasteiger partial charge in [-0.25, -0.2) is 8.78 Å². The highest BCUT2D eigenvalue weighted by molar-refractivity contribution is 4.32. The Morgan fingerprint density at radius 2 is 1.08 bits per heavy atom. The fraction of sp³-hybridized carbons (Fsp3) is 1.00. The van der Waals surface area contributed by atoms with Gasteiger partial charge in [0.15, 0.2) is 0 Å². The van der Waals surface area contributed by atoms with Crippen LogP contribution in [0.1, 0.15) is 54.4 Å². The van der Waals surface area contributed by atoms with Crippen LogP contribution < -0.4 is 0 Å². The van der Waals surface area contributed by atoms with Crippen molar-refractivity contribution < 1.29 is 8.78 Å². The third-order valence-corrected chi connectivity index (χ3v) is 1.13. The molecule has 0 spiro atoms. The Kier molecular flexibility index (Phi) is 25.4. The Morgan fingerprint density at radius 3 is 1.08 bits per heavy atom. The van der Waals surface area contributed by atoms with Gasteiger partial charge in [0, 0.05) is 6.42 Å². The lowest BCUT2D eigenvalue weighted by atomic mass is 10.2. The van der Waals surface area contributed by atoms with E-state index >= 15 is 0 Å². The molecule has 0 aliphatic heterocycles. The van der Waals surface area contributed by atoms with Crippen molar-refractivity contribution in [3.63, 3.8) is 0 Å². The molecular weight excluding hydrogens is 158 g/mol. The summed E-state index contributed by atoms with van der Waals surface area (Å²) in [6, 6.07) is 0. The van der Waals surface area contributed by atoms with E-state index in [1.54, 1.807) is 0 Å². The Hall–Kier alpha value is -0.140. The molecule has 0 radical (unpaired) electrons. The third kappa shape index (κ3) is 51.9. The Morgan fingerprint density at radius 1 is 0.917 bits per heavy atom. The number of halogens is 2. The van der Waals surface area contributed by atoms with Gasteiger partial charge in [0.1, 0.15) is 0 Å². The van der Waals surface area contributed by atoms with Gasteiger partial charge in [-0.15, -0.1) is 0 Å². The summed E-state index contributed by atoms with van der Waals surface area (Å²) in [4.78, 5) is 0. The zero-order valence-electron chi connectivity index (χ0n) is 9.32. The first-order valence-corrected chi connectivity index (χ1v) is 4.82. The van der Waals surface area contributed by atoms with E-state index in [2.05, 4.69) is 20.8 Å². The smallest absolute Gasteiger partial charge is 0.211 e. The molecule has 12 heavy (non-hydrogen) atoms. The lowest BCUT2D eigenvalue weighted by Crippen LogP contribution is -1.80. The monoisotopic (exact) mass is 182 g/mol. The molecule has 0 aromatic carbocycles. The molecule has 0 nitrogen and oxygen atoms in total. The van der Waals surface area contributed by atoms with Crippen LogP contribution in [0.5, 0.6) is 0 Å². The number of alkyl halides is 2. The average molecular weight is 182 g/mol. The molecule has 0 saturated heterocycles. The second kappa shape index (κ2) is 17.1. The first-order chi connectivity index (χ1) is 5.54. The molecule has 0 unspecified atom stereocenters. The lowest BCUT2D eigenvalue weighted by molar-refractivity contribution is 0.144. The van der Waals surface area contributed by atoms with E-state index in [0.717, 1.165) is 5.92 Å². The maximum absolute atomic E-state index is 10.8. The summed E-state index contributed by atoms with van der Waals surface area (Å²) in [6.07, 6.45) is -0.838. The van der Waals surface area contributed by atoms with E-state index in [1.165, 1.54) is 13.3 Å². The van der Waals surface area contributed by atoms with Gasteiger partial charge in [-0.1, -0.05) is 48.0 Å². The van der Waals surface area contributed by atoms with Crippen molar-refractivity contribution in [1.82, 2.24) is 0 Å².